The second-order valence-electron chi connectivity index (χ2n) is 4.42. The van der Waals surface area contributed by atoms with E-state index in [0.717, 1.165) is 5.56 Å². The van der Waals surface area contributed by atoms with Crippen molar-refractivity contribution in [2.45, 2.75) is 32.5 Å². The summed E-state index contributed by atoms with van der Waals surface area (Å²) >= 11 is 0. The van der Waals surface area contributed by atoms with Crippen LogP contribution in [0, 0.1) is 0 Å². The Morgan fingerprint density at radius 2 is 1.60 bits per heavy atom. The largest absolute Gasteiger partial charge is 0.344 e. The van der Waals surface area contributed by atoms with E-state index in [1.165, 1.54) is 5.56 Å². The van der Waals surface area contributed by atoms with Crippen LogP contribution in [0.4, 0.5) is 0 Å². The SMILES string of the molecule is CC(C)c1ccc(C2(C)OCCO2)cc1. The van der Waals surface area contributed by atoms with Crippen LogP contribution in [0.25, 0.3) is 0 Å². The average molecular weight is 206 g/mol. The van der Waals surface area contributed by atoms with Gasteiger partial charge >= 0.3 is 0 Å². The van der Waals surface area contributed by atoms with Crippen molar-refractivity contribution in [1.82, 2.24) is 0 Å². The molecule has 0 amide bonds. The highest BCUT2D eigenvalue weighted by Gasteiger charge is 2.32. The second-order valence-corrected chi connectivity index (χ2v) is 4.42. The van der Waals surface area contributed by atoms with Crippen LogP contribution >= 0.6 is 0 Å². The van der Waals surface area contributed by atoms with Gasteiger partial charge in [0.05, 0.1) is 13.2 Å². The molecule has 0 N–H and O–H groups in total. The first-order valence-corrected chi connectivity index (χ1v) is 5.50. The quantitative estimate of drug-likeness (QED) is 0.740. The molecule has 1 saturated heterocycles. The first-order valence-electron chi connectivity index (χ1n) is 5.50. The first-order chi connectivity index (χ1) is 7.12. The fourth-order valence-electron chi connectivity index (χ4n) is 1.85. The Kier molecular flexibility index (Phi) is 2.81. The molecule has 2 nitrogen and oxygen atoms in total. The third-order valence-electron chi connectivity index (χ3n) is 2.94. The van der Waals surface area contributed by atoms with Crippen LogP contribution in [0.15, 0.2) is 24.3 Å². The van der Waals surface area contributed by atoms with Crippen molar-refractivity contribution in [3.8, 4) is 0 Å². The van der Waals surface area contributed by atoms with Crippen LogP contribution in [-0.4, -0.2) is 13.2 Å². The Hall–Kier alpha value is -0.860. The van der Waals surface area contributed by atoms with E-state index in [1.807, 2.05) is 6.92 Å². The lowest BCUT2D eigenvalue weighted by molar-refractivity contribution is -0.149. The Bertz CT molecular complexity index is 321. The van der Waals surface area contributed by atoms with Gasteiger partial charge in [0.2, 0.25) is 0 Å². The zero-order valence-electron chi connectivity index (χ0n) is 9.62. The van der Waals surface area contributed by atoms with Gasteiger partial charge in [-0.1, -0.05) is 38.1 Å². The molecule has 1 aliphatic rings. The lowest BCUT2D eigenvalue weighted by Crippen LogP contribution is -2.22. The van der Waals surface area contributed by atoms with E-state index in [4.69, 9.17) is 9.47 Å². The van der Waals surface area contributed by atoms with Crippen molar-refractivity contribution < 1.29 is 9.47 Å². The summed E-state index contributed by atoms with van der Waals surface area (Å²) in [6.07, 6.45) is 0. The predicted molar refractivity (Wildman–Crippen MR) is 59.8 cm³/mol. The fraction of sp³-hybridized carbons (Fsp3) is 0.538. The number of benzene rings is 1. The van der Waals surface area contributed by atoms with Crippen LogP contribution in [0.3, 0.4) is 0 Å². The molecule has 1 aliphatic heterocycles. The highest BCUT2D eigenvalue weighted by molar-refractivity contribution is 5.27. The Morgan fingerprint density at radius 1 is 1.07 bits per heavy atom. The molecular formula is C13H18O2. The molecule has 15 heavy (non-hydrogen) atoms. The maximum absolute atomic E-state index is 5.60. The van der Waals surface area contributed by atoms with Crippen LogP contribution < -0.4 is 0 Å². The van der Waals surface area contributed by atoms with Crippen molar-refractivity contribution in [3.63, 3.8) is 0 Å². The molecule has 0 bridgehead atoms. The van der Waals surface area contributed by atoms with E-state index < -0.39 is 5.79 Å². The molecule has 0 aliphatic carbocycles. The standard InChI is InChI=1S/C13H18O2/c1-10(2)11-4-6-12(7-5-11)13(3)14-8-9-15-13/h4-7,10H,8-9H2,1-3H3. The lowest BCUT2D eigenvalue weighted by atomic mass is 9.99. The van der Waals surface area contributed by atoms with Gasteiger partial charge in [0, 0.05) is 5.56 Å². The van der Waals surface area contributed by atoms with E-state index in [2.05, 4.69) is 38.1 Å². The smallest absolute Gasteiger partial charge is 0.192 e. The third kappa shape index (κ3) is 2.06. The molecule has 1 heterocycles. The molecule has 0 unspecified atom stereocenters. The molecule has 1 fully saturated rings. The van der Waals surface area contributed by atoms with Gasteiger partial charge in [-0.2, -0.15) is 0 Å². The first kappa shape index (κ1) is 10.7. The van der Waals surface area contributed by atoms with Gasteiger partial charge in [-0.15, -0.1) is 0 Å². The zero-order valence-corrected chi connectivity index (χ0v) is 9.62. The summed E-state index contributed by atoms with van der Waals surface area (Å²) in [6.45, 7) is 7.73. The lowest BCUT2D eigenvalue weighted by Gasteiger charge is -2.23. The molecule has 0 radical (unpaired) electrons. The molecule has 0 atom stereocenters. The molecule has 1 aromatic rings. The highest BCUT2D eigenvalue weighted by atomic mass is 16.7. The fourth-order valence-corrected chi connectivity index (χ4v) is 1.85. The van der Waals surface area contributed by atoms with Crippen LogP contribution in [0.1, 0.15) is 37.8 Å². The van der Waals surface area contributed by atoms with Crippen molar-refractivity contribution in [1.29, 1.82) is 0 Å². The van der Waals surface area contributed by atoms with Gasteiger partial charge in [0.1, 0.15) is 0 Å². The normalized spacial score (nSPS) is 19.7. The van der Waals surface area contributed by atoms with Gasteiger partial charge in [-0.05, 0) is 18.4 Å². The maximum atomic E-state index is 5.60. The van der Waals surface area contributed by atoms with Gasteiger partial charge < -0.3 is 9.47 Å². The van der Waals surface area contributed by atoms with Crippen LogP contribution in [-0.2, 0) is 15.3 Å². The third-order valence-corrected chi connectivity index (χ3v) is 2.94. The van der Waals surface area contributed by atoms with E-state index in [0.29, 0.717) is 19.1 Å². The Morgan fingerprint density at radius 3 is 2.07 bits per heavy atom. The Labute approximate surface area is 91.2 Å². The zero-order chi connectivity index (χ0) is 10.9. The predicted octanol–water partition coefficient (Wildman–Crippen LogP) is 3.03. The molecule has 0 aromatic heterocycles. The number of ether oxygens (including phenoxy) is 2. The number of rotatable bonds is 2. The van der Waals surface area contributed by atoms with Gasteiger partial charge in [-0.25, -0.2) is 0 Å². The minimum atomic E-state index is -0.532. The van der Waals surface area contributed by atoms with E-state index in [9.17, 15) is 0 Å². The average Bonchev–Trinajstić information content (AvgIpc) is 2.67. The van der Waals surface area contributed by atoms with Gasteiger partial charge in [-0.3, -0.25) is 0 Å². The summed E-state index contributed by atoms with van der Waals surface area (Å²) < 4.78 is 11.2. The summed E-state index contributed by atoms with van der Waals surface area (Å²) in [6, 6.07) is 8.49. The minimum absolute atomic E-state index is 0.532. The topological polar surface area (TPSA) is 18.5 Å². The minimum Gasteiger partial charge on any atom is -0.344 e. The number of hydrogen-bond acceptors (Lipinski definition) is 2. The molecule has 0 saturated carbocycles. The summed E-state index contributed by atoms with van der Waals surface area (Å²) in [7, 11) is 0. The monoisotopic (exact) mass is 206 g/mol. The van der Waals surface area contributed by atoms with Crippen LogP contribution in [0.2, 0.25) is 0 Å². The summed E-state index contributed by atoms with van der Waals surface area (Å²) in [4.78, 5) is 0. The van der Waals surface area contributed by atoms with Gasteiger partial charge in [0.15, 0.2) is 5.79 Å². The van der Waals surface area contributed by atoms with Crippen molar-refractivity contribution in [2.75, 3.05) is 13.2 Å². The maximum Gasteiger partial charge on any atom is 0.192 e. The van der Waals surface area contributed by atoms with E-state index in [1.54, 1.807) is 0 Å². The van der Waals surface area contributed by atoms with Gasteiger partial charge in [0.25, 0.3) is 0 Å². The summed E-state index contributed by atoms with van der Waals surface area (Å²) in [5.41, 5.74) is 2.45. The summed E-state index contributed by atoms with van der Waals surface area (Å²) in [5, 5.41) is 0. The van der Waals surface area contributed by atoms with Crippen molar-refractivity contribution in [3.05, 3.63) is 35.4 Å². The molecular weight excluding hydrogens is 188 g/mol. The summed E-state index contributed by atoms with van der Waals surface area (Å²) in [5.74, 6) is 0.0347. The van der Waals surface area contributed by atoms with E-state index in [-0.39, 0.29) is 0 Å². The van der Waals surface area contributed by atoms with Crippen LogP contribution in [0.5, 0.6) is 0 Å². The number of hydrogen-bond donors (Lipinski definition) is 0. The highest BCUT2D eigenvalue weighted by Crippen LogP contribution is 2.31. The van der Waals surface area contributed by atoms with Crippen molar-refractivity contribution in [2.24, 2.45) is 0 Å². The molecule has 2 rings (SSSR count). The molecule has 1 aromatic carbocycles. The molecule has 2 heteroatoms. The van der Waals surface area contributed by atoms with Crippen molar-refractivity contribution >= 4 is 0 Å². The molecule has 0 spiro atoms. The second kappa shape index (κ2) is 3.95. The Balaban J connectivity index is 2.23. The van der Waals surface area contributed by atoms with E-state index >= 15 is 0 Å². The molecule has 82 valence electrons.